The van der Waals surface area contributed by atoms with Crippen molar-refractivity contribution >= 4 is 13.8 Å². The number of esters is 1. The van der Waals surface area contributed by atoms with Crippen molar-refractivity contribution in [1.29, 1.82) is 0 Å². The van der Waals surface area contributed by atoms with E-state index in [9.17, 15) is 9.36 Å². The lowest BCUT2D eigenvalue weighted by molar-refractivity contribution is -0.150. The summed E-state index contributed by atoms with van der Waals surface area (Å²) < 4.78 is 25.3. The molecular weight excluding hydrogens is 235 g/mol. The highest BCUT2D eigenvalue weighted by molar-refractivity contribution is 7.47. The Balaban J connectivity index is 4.04. The number of rotatable bonds is 8. The van der Waals surface area contributed by atoms with E-state index in [1.54, 1.807) is 20.8 Å². The summed E-state index contributed by atoms with van der Waals surface area (Å²) >= 11 is 0. The van der Waals surface area contributed by atoms with E-state index in [4.69, 9.17) is 9.63 Å². The fraction of sp³-hybridized carbons (Fsp3) is 0.889. The van der Waals surface area contributed by atoms with Crippen LogP contribution < -0.4 is 0 Å². The Morgan fingerprint density at radius 3 is 2.38 bits per heavy atom. The second-order valence-electron chi connectivity index (χ2n) is 3.06. The van der Waals surface area contributed by atoms with Gasteiger partial charge in [0, 0.05) is 6.42 Å². The van der Waals surface area contributed by atoms with Crippen LogP contribution in [-0.2, 0) is 23.1 Å². The van der Waals surface area contributed by atoms with Crippen molar-refractivity contribution in [2.24, 2.45) is 0 Å². The fourth-order valence-electron chi connectivity index (χ4n) is 0.882. The van der Waals surface area contributed by atoms with E-state index >= 15 is 0 Å². The van der Waals surface area contributed by atoms with Crippen LogP contribution in [0.1, 0.15) is 33.6 Å². The second kappa shape index (κ2) is 7.79. The van der Waals surface area contributed by atoms with Crippen molar-refractivity contribution in [2.75, 3.05) is 13.2 Å². The van der Waals surface area contributed by atoms with Gasteiger partial charge in [-0.3, -0.25) is 13.8 Å². The van der Waals surface area contributed by atoms with Crippen LogP contribution in [-0.4, -0.2) is 30.2 Å². The first-order valence-corrected chi connectivity index (χ1v) is 6.76. The Morgan fingerprint density at radius 1 is 1.31 bits per heavy atom. The number of hydrogen-bond donors (Lipinski definition) is 1. The molecule has 0 heterocycles. The van der Waals surface area contributed by atoms with Crippen LogP contribution in [0.25, 0.3) is 0 Å². The van der Waals surface area contributed by atoms with Gasteiger partial charge in [0.05, 0.1) is 13.2 Å². The fourth-order valence-corrected chi connectivity index (χ4v) is 1.64. The molecule has 0 amide bonds. The summed E-state index contributed by atoms with van der Waals surface area (Å²) in [5.41, 5.74) is 0. The Morgan fingerprint density at radius 2 is 1.94 bits per heavy atom. The highest BCUT2D eigenvalue weighted by Gasteiger charge is 2.23. The van der Waals surface area contributed by atoms with Gasteiger partial charge in [0.1, 0.15) is 6.10 Å². The van der Waals surface area contributed by atoms with Gasteiger partial charge < -0.3 is 9.63 Å². The van der Waals surface area contributed by atoms with E-state index in [0.29, 0.717) is 6.42 Å². The predicted molar refractivity (Wildman–Crippen MR) is 57.9 cm³/mol. The third kappa shape index (κ3) is 6.95. The van der Waals surface area contributed by atoms with Gasteiger partial charge in [0.25, 0.3) is 0 Å². The molecule has 0 bridgehead atoms. The molecule has 0 aromatic heterocycles. The molecule has 0 spiro atoms. The molecule has 6 nitrogen and oxygen atoms in total. The van der Waals surface area contributed by atoms with E-state index in [-0.39, 0.29) is 25.6 Å². The van der Waals surface area contributed by atoms with Crippen molar-refractivity contribution in [2.45, 2.75) is 39.7 Å². The number of carbonyl (C=O) groups excluding carboxylic acids is 1. The summed E-state index contributed by atoms with van der Waals surface area (Å²) in [6, 6.07) is 0. The molecule has 0 radical (unpaired) electrons. The zero-order valence-electron chi connectivity index (χ0n) is 9.84. The van der Waals surface area contributed by atoms with Gasteiger partial charge >= 0.3 is 13.8 Å². The lowest BCUT2D eigenvalue weighted by Gasteiger charge is -2.17. The Labute approximate surface area is 95.5 Å². The van der Waals surface area contributed by atoms with E-state index in [0.717, 1.165) is 0 Å². The monoisotopic (exact) mass is 254 g/mol. The maximum atomic E-state index is 11.2. The first-order chi connectivity index (χ1) is 7.45. The van der Waals surface area contributed by atoms with Crippen molar-refractivity contribution in [3.8, 4) is 0 Å². The van der Waals surface area contributed by atoms with Gasteiger partial charge in [-0.05, 0) is 13.3 Å². The first kappa shape index (κ1) is 15.6. The molecule has 0 aromatic carbocycles. The van der Waals surface area contributed by atoms with Crippen molar-refractivity contribution in [3.05, 3.63) is 0 Å². The molecule has 7 heteroatoms. The third-order valence-corrected chi connectivity index (χ3v) is 2.82. The summed E-state index contributed by atoms with van der Waals surface area (Å²) in [7, 11) is -4.00. The summed E-state index contributed by atoms with van der Waals surface area (Å²) in [5, 5.41) is 0. The van der Waals surface area contributed by atoms with Crippen LogP contribution in [0.15, 0.2) is 0 Å². The molecule has 0 fully saturated rings. The minimum atomic E-state index is -4.00. The molecule has 0 saturated heterocycles. The lowest BCUT2D eigenvalue weighted by atomic mass is 10.3. The summed E-state index contributed by atoms with van der Waals surface area (Å²) in [5.74, 6) is -0.361. The smallest absolute Gasteiger partial charge is 0.460 e. The highest BCUT2D eigenvalue weighted by Crippen LogP contribution is 2.43. The lowest BCUT2D eigenvalue weighted by Crippen LogP contribution is -2.22. The largest absolute Gasteiger partial charge is 0.472 e. The number of hydrogen-bond acceptors (Lipinski definition) is 5. The summed E-state index contributed by atoms with van der Waals surface area (Å²) in [6.07, 6.45) is 0.254. The summed E-state index contributed by atoms with van der Waals surface area (Å²) in [6.45, 7) is 4.99. The number of carbonyl (C=O) groups is 1. The maximum absolute atomic E-state index is 11.2. The topological polar surface area (TPSA) is 82.1 Å². The Hall–Kier alpha value is -0.420. The molecule has 0 aliphatic heterocycles. The molecule has 0 aliphatic rings. The Kier molecular flexibility index (Phi) is 7.58. The molecule has 2 atom stereocenters. The maximum Gasteiger partial charge on any atom is 0.472 e. The van der Waals surface area contributed by atoms with Crippen LogP contribution in [0.3, 0.4) is 0 Å². The molecule has 0 aliphatic carbocycles. The quantitative estimate of drug-likeness (QED) is 0.526. The number of phosphoric acid groups is 1. The van der Waals surface area contributed by atoms with Crippen LogP contribution >= 0.6 is 7.82 Å². The van der Waals surface area contributed by atoms with Crippen molar-refractivity contribution in [3.63, 3.8) is 0 Å². The zero-order chi connectivity index (χ0) is 12.6. The van der Waals surface area contributed by atoms with Gasteiger partial charge in [0.2, 0.25) is 0 Å². The average molecular weight is 254 g/mol. The SMILES string of the molecule is CCOP(=O)(O)OCC(CC)OC(=O)CC. The van der Waals surface area contributed by atoms with Gasteiger partial charge in [-0.2, -0.15) is 0 Å². The molecule has 96 valence electrons. The van der Waals surface area contributed by atoms with E-state index in [1.165, 1.54) is 0 Å². The molecular formula is C9H19O6P. The highest BCUT2D eigenvalue weighted by atomic mass is 31.2. The molecule has 0 saturated carbocycles. The summed E-state index contributed by atoms with van der Waals surface area (Å²) in [4.78, 5) is 20.1. The molecule has 0 aromatic rings. The standard InChI is InChI=1S/C9H19O6P/c1-4-8(15-9(10)5-2)7-14-16(11,12)13-6-3/h8H,4-7H2,1-3H3,(H,11,12). The van der Waals surface area contributed by atoms with Gasteiger partial charge in [-0.15, -0.1) is 0 Å². The van der Waals surface area contributed by atoms with Crippen LogP contribution in [0.5, 0.6) is 0 Å². The Bertz CT molecular complexity index is 254. The van der Waals surface area contributed by atoms with Crippen molar-refractivity contribution < 1.29 is 28.0 Å². The second-order valence-corrected chi connectivity index (χ2v) is 4.51. The molecule has 2 unspecified atom stereocenters. The number of ether oxygens (including phenoxy) is 1. The normalized spacial score (nSPS) is 16.5. The van der Waals surface area contributed by atoms with Crippen LogP contribution in [0.2, 0.25) is 0 Å². The average Bonchev–Trinajstić information content (AvgIpc) is 2.23. The number of phosphoric ester groups is 1. The van der Waals surface area contributed by atoms with Gasteiger partial charge in [-0.25, -0.2) is 4.57 Å². The van der Waals surface area contributed by atoms with E-state index in [2.05, 4.69) is 9.05 Å². The minimum Gasteiger partial charge on any atom is -0.460 e. The first-order valence-electron chi connectivity index (χ1n) is 5.26. The van der Waals surface area contributed by atoms with Crippen molar-refractivity contribution in [1.82, 2.24) is 0 Å². The zero-order valence-corrected chi connectivity index (χ0v) is 10.7. The van der Waals surface area contributed by atoms with Crippen LogP contribution in [0.4, 0.5) is 0 Å². The van der Waals surface area contributed by atoms with Crippen LogP contribution in [0, 0.1) is 0 Å². The molecule has 1 N–H and O–H groups in total. The minimum absolute atomic E-state index is 0.0827. The third-order valence-electron chi connectivity index (χ3n) is 1.76. The molecule has 0 rings (SSSR count). The molecule has 16 heavy (non-hydrogen) atoms. The van der Waals surface area contributed by atoms with Gasteiger partial charge in [-0.1, -0.05) is 13.8 Å². The van der Waals surface area contributed by atoms with E-state index < -0.39 is 13.9 Å². The predicted octanol–water partition coefficient (Wildman–Crippen LogP) is 1.87. The van der Waals surface area contributed by atoms with E-state index in [1.807, 2.05) is 0 Å². The van der Waals surface area contributed by atoms with Gasteiger partial charge in [0.15, 0.2) is 0 Å².